The van der Waals surface area contributed by atoms with Gasteiger partial charge in [0.05, 0.1) is 0 Å². The van der Waals surface area contributed by atoms with Gasteiger partial charge in [0.1, 0.15) is 11.6 Å². The van der Waals surface area contributed by atoms with E-state index in [2.05, 4.69) is 19.2 Å². The van der Waals surface area contributed by atoms with E-state index in [1.807, 2.05) is 0 Å². The Morgan fingerprint density at radius 3 is 2.58 bits per heavy atom. The Morgan fingerprint density at radius 2 is 1.83 bits per heavy atom. The van der Waals surface area contributed by atoms with Gasteiger partial charge in [-0.25, -0.2) is 0 Å². The van der Waals surface area contributed by atoms with Crippen molar-refractivity contribution in [2.24, 2.45) is 34.5 Å². The monoisotopic (exact) mass is 331 g/mol. The summed E-state index contributed by atoms with van der Waals surface area (Å²) in [6.45, 7) is 4.52. The third-order valence-electron chi connectivity index (χ3n) is 8.60. The average molecular weight is 331 g/mol. The fraction of sp³-hybridized carbons (Fsp3) is 0.850. The molecular weight excluding hydrogens is 302 g/mol. The number of fused-ring (bicyclic) bond motifs is 5. The average Bonchev–Trinajstić information content (AvgIpc) is 2.84. The molecule has 0 aliphatic heterocycles. The SMILES string of the molecule is C[C@]12C(CC[C@@H]3[C@@H]1CC[C@]1(C)C(=O)CC[C@@H]31)CC(=O)CC2NC=O. The fourth-order valence-corrected chi connectivity index (χ4v) is 7.23. The van der Waals surface area contributed by atoms with Gasteiger partial charge in [0, 0.05) is 30.7 Å². The van der Waals surface area contributed by atoms with Gasteiger partial charge in [-0.1, -0.05) is 13.8 Å². The largest absolute Gasteiger partial charge is 0.355 e. The molecule has 24 heavy (non-hydrogen) atoms. The van der Waals surface area contributed by atoms with Crippen LogP contribution in [0.5, 0.6) is 0 Å². The van der Waals surface area contributed by atoms with Crippen molar-refractivity contribution in [1.82, 2.24) is 5.32 Å². The molecule has 0 bridgehead atoms. The van der Waals surface area contributed by atoms with E-state index in [9.17, 15) is 14.4 Å². The van der Waals surface area contributed by atoms with Crippen LogP contribution in [-0.2, 0) is 14.4 Å². The summed E-state index contributed by atoms with van der Waals surface area (Å²) in [6, 6.07) is -0.0319. The van der Waals surface area contributed by atoms with Crippen molar-refractivity contribution in [2.75, 3.05) is 0 Å². The van der Waals surface area contributed by atoms with E-state index in [0.717, 1.165) is 44.9 Å². The lowest BCUT2D eigenvalue weighted by molar-refractivity contribution is -0.150. The number of hydrogen-bond donors (Lipinski definition) is 1. The van der Waals surface area contributed by atoms with E-state index in [0.29, 0.717) is 48.1 Å². The van der Waals surface area contributed by atoms with Crippen LogP contribution in [0.4, 0.5) is 0 Å². The van der Waals surface area contributed by atoms with Gasteiger partial charge in [0.25, 0.3) is 0 Å². The Morgan fingerprint density at radius 1 is 1.04 bits per heavy atom. The summed E-state index contributed by atoms with van der Waals surface area (Å²) in [5, 5.41) is 3.00. The molecule has 4 aliphatic carbocycles. The second kappa shape index (κ2) is 5.40. The summed E-state index contributed by atoms with van der Waals surface area (Å²) >= 11 is 0. The summed E-state index contributed by atoms with van der Waals surface area (Å²) < 4.78 is 0. The first kappa shape index (κ1) is 16.3. The number of rotatable bonds is 2. The minimum atomic E-state index is -0.109. The molecule has 0 aromatic heterocycles. The number of hydrogen-bond acceptors (Lipinski definition) is 3. The molecule has 0 saturated heterocycles. The molecule has 0 spiro atoms. The van der Waals surface area contributed by atoms with Crippen LogP contribution >= 0.6 is 0 Å². The molecule has 132 valence electrons. The lowest BCUT2D eigenvalue weighted by Gasteiger charge is -2.61. The normalized spacial score (nSPS) is 50.7. The number of ketones is 2. The molecule has 1 amide bonds. The van der Waals surface area contributed by atoms with Crippen molar-refractivity contribution in [1.29, 1.82) is 0 Å². The summed E-state index contributed by atoms with van der Waals surface area (Å²) in [4.78, 5) is 35.8. The number of Topliss-reactive ketones (excluding diaryl/α,β-unsaturated/α-hetero) is 2. The van der Waals surface area contributed by atoms with E-state index < -0.39 is 0 Å². The third-order valence-corrected chi connectivity index (χ3v) is 8.60. The van der Waals surface area contributed by atoms with Gasteiger partial charge in [-0.2, -0.15) is 0 Å². The van der Waals surface area contributed by atoms with E-state index in [-0.39, 0.29) is 16.9 Å². The maximum Gasteiger partial charge on any atom is 0.207 e. The predicted octanol–water partition coefficient (Wildman–Crippen LogP) is 2.89. The van der Waals surface area contributed by atoms with Gasteiger partial charge < -0.3 is 5.32 Å². The Balaban J connectivity index is 1.69. The highest BCUT2D eigenvalue weighted by Gasteiger charge is 2.62. The Bertz CT molecular complexity index is 587. The Hall–Kier alpha value is -1.19. The smallest absolute Gasteiger partial charge is 0.207 e. The Labute approximate surface area is 144 Å². The van der Waals surface area contributed by atoms with Crippen molar-refractivity contribution in [2.45, 2.75) is 71.3 Å². The van der Waals surface area contributed by atoms with E-state index in [4.69, 9.17) is 0 Å². The van der Waals surface area contributed by atoms with Crippen LogP contribution in [0.2, 0.25) is 0 Å². The molecule has 0 aromatic carbocycles. The fourth-order valence-electron chi connectivity index (χ4n) is 7.23. The highest BCUT2D eigenvalue weighted by Crippen LogP contribution is 2.65. The number of carbonyl (C=O) groups is 3. The van der Waals surface area contributed by atoms with Gasteiger partial charge in [0.2, 0.25) is 6.41 Å². The van der Waals surface area contributed by atoms with Crippen LogP contribution in [0, 0.1) is 34.5 Å². The number of amides is 1. The summed E-state index contributed by atoms with van der Waals surface area (Å²) in [6.07, 6.45) is 8.01. The zero-order valence-corrected chi connectivity index (χ0v) is 14.8. The lowest BCUT2D eigenvalue weighted by atomic mass is 9.44. The second-order valence-electron chi connectivity index (χ2n) is 9.22. The molecule has 4 nitrogen and oxygen atoms in total. The van der Waals surface area contributed by atoms with Gasteiger partial charge in [-0.3, -0.25) is 14.4 Å². The summed E-state index contributed by atoms with van der Waals surface area (Å²) in [5.41, 5.74) is -0.104. The number of nitrogens with one attached hydrogen (secondary N) is 1. The number of carbonyl (C=O) groups excluding carboxylic acids is 3. The lowest BCUT2D eigenvalue weighted by Crippen LogP contribution is -2.62. The molecule has 0 heterocycles. The van der Waals surface area contributed by atoms with Gasteiger partial charge in [-0.15, -0.1) is 0 Å². The highest BCUT2D eigenvalue weighted by molar-refractivity contribution is 5.87. The van der Waals surface area contributed by atoms with Gasteiger partial charge in [0.15, 0.2) is 0 Å². The molecular formula is C20H29NO3. The van der Waals surface area contributed by atoms with Crippen LogP contribution < -0.4 is 5.32 Å². The molecule has 0 radical (unpaired) electrons. The van der Waals surface area contributed by atoms with Crippen LogP contribution in [0.1, 0.15) is 65.2 Å². The van der Waals surface area contributed by atoms with Crippen molar-refractivity contribution >= 4 is 18.0 Å². The van der Waals surface area contributed by atoms with Crippen molar-refractivity contribution in [3.8, 4) is 0 Å². The van der Waals surface area contributed by atoms with Gasteiger partial charge in [-0.05, 0) is 61.2 Å². The molecule has 1 N–H and O–H groups in total. The maximum absolute atomic E-state index is 12.5. The quantitative estimate of drug-likeness (QED) is 0.791. The van der Waals surface area contributed by atoms with Gasteiger partial charge >= 0.3 is 0 Å². The first-order valence-corrected chi connectivity index (χ1v) is 9.66. The van der Waals surface area contributed by atoms with E-state index in [1.54, 1.807) is 0 Å². The minimum Gasteiger partial charge on any atom is -0.355 e. The molecule has 4 rings (SSSR count). The summed E-state index contributed by atoms with van der Waals surface area (Å²) in [7, 11) is 0. The third kappa shape index (κ3) is 2.01. The van der Waals surface area contributed by atoms with E-state index in [1.165, 1.54) is 0 Å². The zero-order chi connectivity index (χ0) is 17.1. The molecule has 2 unspecified atom stereocenters. The van der Waals surface area contributed by atoms with Crippen molar-refractivity contribution < 1.29 is 14.4 Å². The first-order chi connectivity index (χ1) is 11.4. The van der Waals surface area contributed by atoms with Crippen LogP contribution in [0.3, 0.4) is 0 Å². The molecule has 4 saturated carbocycles. The first-order valence-electron chi connectivity index (χ1n) is 9.66. The second-order valence-corrected chi connectivity index (χ2v) is 9.22. The maximum atomic E-state index is 12.5. The van der Waals surface area contributed by atoms with Crippen LogP contribution in [0.25, 0.3) is 0 Å². The van der Waals surface area contributed by atoms with Crippen LogP contribution in [-0.4, -0.2) is 24.0 Å². The zero-order valence-electron chi connectivity index (χ0n) is 14.8. The molecule has 7 atom stereocenters. The van der Waals surface area contributed by atoms with E-state index >= 15 is 0 Å². The molecule has 4 aliphatic rings. The molecule has 4 fully saturated rings. The molecule has 4 heteroatoms. The predicted molar refractivity (Wildman–Crippen MR) is 90.1 cm³/mol. The topological polar surface area (TPSA) is 63.2 Å². The highest BCUT2D eigenvalue weighted by atomic mass is 16.1. The minimum absolute atomic E-state index is 0.00467. The van der Waals surface area contributed by atoms with Crippen molar-refractivity contribution in [3.63, 3.8) is 0 Å². The Kier molecular flexibility index (Phi) is 3.67. The van der Waals surface area contributed by atoms with Crippen molar-refractivity contribution in [3.05, 3.63) is 0 Å². The standard InChI is InChI=1S/C20H29NO3/c1-19-8-7-16-14(15(19)5-6-18(19)24)4-3-12-9-13(23)10-17(21-11-22)20(12,16)2/h11-12,14-17H,3-10H2,1-2H3,(H,21,22)/t12?,14-,15-,16-,17?,19-,20-/m0/s1. The van der Waals surface area contributed by atoms with Crippen LogP contribution in [0.15, 0.2) is 0 Å². The summed E-state index contributed by atoms with van der Waals surface area (Å²) in [5.74, 6) is 2.79. The molecule has 0 aromatic rings.